The molecule has 1 aliphatic rings. The molecule has 4 rings (SSSR count). The Bertz CT molecular complexity index is 1020. The number of carbonyl (C=O) groups is 1. The second-order valence-corrected chi connectivity index (χ2v) is 8.03. The molecule has 1 aromatic heterocycles. The van der Waals surface area contributed by atoms with E-state index in [2.05, 4.69) is 33.6 Å². The fourth-order valence-corrected chi connectivity index (χ4v) is 4.02. The van der Waals surface area contributed by atoms with Crippen molar-refractivity contribution >= 4 is 22.9 Å². The van der Waals surface area contributed by atoms with Gasteiger partial charge in [0, 0.05) is 25.3 Å². The molecule has 1 fully saturated rings. The molecule has 1 amide bonds. The molecule has 1 aliphatic heterocycles. The predicted octanol–water partition coefficient (Wildman–Crippen LogP) is 4.19. The summed E-state index contributed by atoms with van der Waals surface area (Å²) in [6.07, 6.45) is 2.30. The number of para-hydroxylation sites is 2. The van der Waals surface area contributed by atoms with Crippen molar-refractivity contribution in [2.75, 3.05) is 38.2 Å². The number of aromatic nitrogens is 2. The number of hydrogen-bond acceptors (Lipinski definition) is 5. The number of fused-ring (bicyclic) bond motifs is 1. The highest BCUT2D eigenvalue weighted by Crippen LogP contribution is 2.21. The Kier molecular flexibility index (Phi) is 7.39. The molecule has 0 radical (unpaired) electrons. The topological polar surface area (TPSA) is 68.6 Å². The lowest BCUT2D eigenvalue weighted by molar-refractivity contribution is 0.0679. The van der Waals surface area contributed by atoms with Crippen molar-refractivity contribution in [3.05, 3.63) is 54.1 Å². The van der Waals surface area contributed by atoms with Crippen molar-refractivity contribution in [2.24, 2.45) is 0 Å². The highest BCUT2D eigenvalue weighted by molar-refractivity contribution is 6.04. The maximum absolute atomic E-state index is 12.9. The largest absolute Gasteiger partial charge is 0.491 e. The van der Waals surface area contributed by atoms with Crippen molar-refractivity contribution in [1.29, 1.82) is 0 Å². The zero-order chi connectivity index (χ0) is 22.3. The lowest BCUT2D eigenvalue weighted by Crippen LogP contribution is -2.27. The van der Waals surface area contributed by atoms with Crippen LogP contribution in [-0.4, -0.2) is 59.3 Å². The molecular formula is C25H32N4O3. The van der Waals surface area contributed by atoms with Gasteiger partial charge in [-0.25, -0.2) is 4.98 Å². The molecule has 1 saturated heterocycles. The monoisotopic (exact) mass is 436 g/mol. The molecule has 0 aliphatic carbocycles. The number of nitrogens with zero attached hydrogens (tertiary/aromatic N) is 3. The average molecular weight is 437 g/mol. The zero-order valence-corrected chi connectivity index (χ0v) is 18.9. The van der Waals surface area contributed by atoms with Crippen LogP contribution in [0.2, 0.25) is 0 Å². The summed E-state index contributed by atoms with van der Waals surface area (Å²) in [5.41, 5.74) is 2.46. The fourth-order valence-electron chi connectivity index (χ4n) is 4.02. The summed E-state index contributed by atoms with van der Waals surface area (Å²) in [7, 11) is 0. The van der Waals surface area contributed by atoms with E-state index < -0.39 is 0 Å². The third kappa shape index (κ3) is 5.29. The summed E-state index contributed by atoms with van der Waals surface area (Å²) in [5.74, 6) is 1.13. The Labute approximate surface area is 189 Å². The van der Waals surface area contributed by atoms with Gasteiger partial charge in [0.2, 0.25) is 5.95 Å². The molecule has 1 atom stereocenters. The average Bonchev–Trinajstić information content (AvgIpc) is 3.46. The molecule has 0 spiro atoms. The quantitative estimate of drug-likeness (QED) is 0.516. The Morgan fingerprint density at radius 1 is 1.19 bits per heavy atom. The lowest BCUT2D eigenvalue weighted by Gasteiger charge is -2.19. The van der Waals surface area contributed by atoms with Gasteiger partial charge < -0.3 is 18.9 Å². The van der Waals surface area contributed by atoms with Gasteiger partial charge in [-0.2, -0.15) is 0 Å². The van der Waals surface area contributed by atoms with Gasteiger partial charge in [0.25, 0.3) is 5.91 Å². The smallest absolute Gasteiger partial charge is 0.257 e. The van der Waals surface area contributed by atoms with E-state index in [0.717, 1.165) is 62.4 Å². The van der Waals surface area contributed by atoms with Gasteiger partial charge in [-0.05, 0) is 62.3 Å². The van der Waals surface area contributed by atoms with E-state index in [4.69, 9.17) is 9.47 Å². The molecule has 2 aromatic carbocycles. The molecule has 0 saturated carbocycles. The van der Waals surface area contributed by atoms with Gasteiger partial charge in [0.1, 0.15) is 12.4 Å². The highest BCUT2D eigenvalue weighted by atomic mass is 16.5. The molecule has 7 heteroatoms. The number of ether oxygens (including phenoxy) is 2. The van der Waals surface area contributed by atoms with Gasteiger partial charge in [-0.1, -0.05) is 26.0 Å². The van der Waals surface area contributed by atoms with Crippen LogP contribution in [0.1, 0.15) is 37.0 Å². The molecule has 0 bridgehead atoms. The molecule has 2 heterocycles. The van der Waals surface area contributed by atoms with Crippen LogP contribution in [0.15, 0.2) is 48.5 Å². The highest BCUT2D eigenvalue weighted by Gasteiger charge is 2.17. The van der Waals surface area contributed by atoms with Crippen molar-refractivity contribution < 1.29 is 14.3 Å². The third-order valence-electron chi connectivity index (χ3n) is 5.99. The van der Waals surface area contributed by atoms with Gasteiger partial charge in [0.05, 0.1) is 17.1 Å². The summed E-state index contributed by atoms with van der Waals surface area (Å²) in [5, 5.41) is 3.01. The van der Waals surface area contributed by atoms with Gasteiger partial charge in [-0.15, -0.1) is 0 Å². The number of amides is 1. The van der Waals surface area contributed by atoms with Crippen LogP contribution >= 0.6 is 0 Å². The first-order chi connectivity index (χ1) is 15.7. The molecule has 1 N–H and O–H groups in total. The number of nitrogens with one attached hydrogen (secondary N) is 1. The molecule has 3 aromatic rings. The van der Waals surface area contributed by atoms with E-state index in [9.17, 15) is 4.79 Å². The van der Waals surface area contributed by atoms with E-state index in [1.807, 2.05) is 36.4 Å². The van der Waals surface area contributed by atoms with Gasteiger partial charge in [0.15, 0.2) is 0 Å². The lowest BCUT2D eigenvalue weighted by atomic mass is 10.2. The van der Waals surface area contributed by atoms with Crippen molar-refractivity contribution in [3.63, 3.8) is 0 Å². The molecule has 0 unspecified atom stereocenters. The maximum Gasteiger partial charge on any atom is 0.257 e. The Morgan fingerprint density at radius 3 is 2.69 bits per heavy atom. The second kappa shape index (κ2) is 10.6. The van der Waals surface area contributed by atoms with Crippen LogP contribution in [0, 0.1) is 0 Å². The number of rotatable bonds is 10. The number of anilines is 1. The van der Waals surface area contributed by atoms with Crippen molar-refractivity contribution in [1.82, 2.24) is 14.5 Å². The first-order valence-electron chi connectivity index (χ1n) is 11.5. The first-order valence-corrected chi connectivity index (χ1v) is 11.5. The van der Waals surface area contributed by atoms with E-state index in [1.165, 1.54) is 0 Å². The summed E-state index contributed by atoms with van der Waals surface area (Å²) >= 11 is 0. The summed E-state index contributed by atoms with van der Waals surface area (Å²) in [6.45, 7) is 9.31. The van der Waals surface area contributed by atoms with Crippen LogP contribution in [0.4, 0.5) is 5.95 Å². The van der Waals surface area contributed by atoms with E-state index >= 15 is 0 Å². The van der Waals surface area contributed by atoms with E-state index in [-0.39, 0.29) is 12.0 Å². The molecule has 7 nitrogen and oxygen atoms in total. The van der Waals surface area contributed by atoms with Crippen LogP contribution in [0.25, 0.3) is 11.0 Å². The Balaban J connectivity index is 1.45. The SMILES string of the molecule is CCN(CC)CCn1c(NC(=O)c2ccc(OC[C@@H]3CCCO3)cc2)nc2ccccc21. The number of carbonyl (C=O) groups excluding carboxylic acids is 1. The number of benzene rings is 2. The zero-order valence-electron chi connectivity index (χ0n) is 18.9. The molecule has 32 heavy (non-hydrogen) atoms. The van der Waals surface area contributed by atoms with Crippen molar-refractivity contribution in [2.45, 2.75) is 39.3 Å². The van der Waals surface area contributed by atoms with Crippen LogP contribution in [-0.2, 0) is 11.3 Å². The normalized spacial score (nSPS) is 16.0. The van der Waals surface area contributed by atoms with Crippen LogP contribution in [0.3, 0.4) is 0 Å². The minimum atomic E-state index is -0.185. The summed E-state index contributed by atoms with van der Waals surface area (Å²) in [4.78, 5) is 20.0. The van der Waals surface area contributed by atoms with E-state index in [0.29, 0.717) is 18.1 Å². The summed E-state index contributed by atoms with van der Waals surface area (Å²) < 4.78 is 13.5. The van der Waals surface area contributed by atoms with Crippen LogP contribution < -0.4 is 10.1 Å². The molecule has 170 valence electrons. The minimum Gasteiger partial charge on any atom is -0.491 e. The Hall–Kier alpha value is -2.90. The first kappa shape index (κ1) is 22.3. The Morgan fingerprint density at radius 2 is 1.97 bits per heavy atom. The van der Waals surface area contributed by atoms with Crippen LogP contribution in [0.5, 0.6) is 5.75 Å². The summed E-state index contributed by atoms with van der Waals surface area (Å²) in [6, 6.07) is 15.2. The number of imidazole rings is 1. The molecular weight excluding hydrogens is 404 g/mol. The number of hydrogen-bond donors (Lipinski definition) is 1. The predicted molar refractivity (Wildman–Crippen MR) is 126 cm³/mol. The van der Waals surface area contributed by atoms with Crippen molar-refractivity contribution in [3.8, 4) is 5.75 Å². The minimum absolute atomic E-state index is 0.169. The number of likely N-dealkylation sites (N-methyl/N-ethyl adjacent to an activating group) is 1. The standard InChI is InChI=1S/C25H32N4O3/c1-3-28(4-2)15-16-29-23-10-6-5-9-22(23)26-25(29)27-24(30)19-11-13-20(14-12-19)32-18-21-8-7-17-31-21/h5-6,9-14,21H,3-4,7-8,15-18H2,1-2H3,(H,26,27,30)/t21-/m0/s1. The van der Waals surface area contributed by atoms with E-state index in [1.54, 1.807) is 12.1 Å². The van der Waals surface area contributed by atoms with Gasteiger partial charge >= 0.3 is 0 Å². The third-order valence-corrected chi connectivity index (χ3v) is 5.99. The second-order valence-electron chi connectivity index (χ2n) is 8.03. The maximum atomic E-state index is 12.9. The fraction of sp³-hybridized carbons (Fsp3) is 0.440. The van der Waals surface area contributed by atoms with Gasteiger partial charge in [-0.3, -0.25) is 10.1 Å².